The van der Waals surface area contributed by atoms with E-state index in [1.165, 1.54) is 0 Å². The fourth-order valence-corrected chi connectivity index (χ4v) is 2.04. The smallest absolute Gasteiger partial charge is 0.161 e. The SMILES string of the molecule is CC(C)N(C)CC(N)c1ccc2c(c1)OCCCO2. The maximum atomic E-state index is 6.27. The van der Waals surface area contributed by atoms with Crippen molar-refractivity contribution in [1.29, 1.82) is 0 Å². The van der Waals surface area contributed by atoms with Gasteiger partial charge in [0.05, 0.1) is 13.2 Å². The summed E-state index contributed by atoms with van der Waals surface area (Å²) in [5, 5.41) is 0. The average molecular weight is 264 g/mol. The van der Waals surface area contributed by atoms with Crippen LogP contribution in [0.15, 0.2) is 18.2 Å². The molecule has 1 heterocycles. The number of fused-ring (bicyclic) bond motifs is 1. The highest BCUT2D eigenvalue weighted by Crippen LogP contribution is 2.32. The van der Waals surface area contributed by atoms with Crippen molar-refractivity contribution in [1.82, 2.24) is 4.90 Å². The van der Waals surface area contributed by atoms with Crippen LogP contribution < -0.4 is 15.2 Å². The predicted molar refractivity (Wildman–Crippen MR) is 76.7 cm³/mol. The van der Waals surface area contributed by atoms with E-state index in [0.29, 0.717) is 19.3 Å². The Balaban J connectivity index is 2.10. The highest BCUT2D eigenvalue weighted by molar-refractivity contribution is 5.44. The summed E-state index contributed by atoms with van der Waals surface area (Å²) in [5.74, 6) is 1.64. The zero-order chi connectivity index (χ0) is 13.8. The molecule has 0 bridgehead atoms. The van der Waals surface area contributed by atoms with Crippen molar-refractivity contribution in [2.45, 2.75) is 32.4 Å². The Hall–Kier alpha value is -1.26. The summed E-state index contributed by atoms with van der Waals surface area (Å²) in [7, 11) is 2.09. The first kappa shape index (κ1) is 14.2. The van der Waals surface area contributed by atoms with Gasteiger partial charge in [0.15, 0.2) is 11.5 Å². The van der Waals surface area contributed by atoms with Gasteiger partial charge in [0.1, 0.15) is 0 Å². The molecule has 0 radical (unpaired) electrons. The first-order chi connectivity index (χ1) is 9.08. The maximum Gasteiger partial charge on any atom is 0.161 e. The molecule has 0 aromatic heterocycles. The summed E-state index contributed by atoms with van der Waals surface area (Å²) >= 11 is 0. The van der Waals surface area contributed by atoms with Crippen molar-refractivity contribution < 1.29 is 9.47 Å². The van der Waals surface area contributed by atoms with Gasteiger partial charge in [0, 0.05) is 25.0 Å². The molecule has 1 atom stereocenters. The summed E-state index contributed by atoms with van der Waals surface area (Å²) in [5.41, 5.74) is 7.36. The normalized spacial score (nSPS) is 16.5. The Morgan fingerprint density at radius 3 is 2.58 bits per heavy atom. The molecule has 0 aliphatic carbocycles. The minimum absolute atomic E-state index is 0.00967. The first-order valence-electron chi connectivity index (χ1n) is 6.93. The second-order valence-electron chi connectivity index (χ2n) is 5.40. The van der Waals surface area contributed by atoms with Gasteiger partial charge in [-0.3, -0.25) is 0 Å². The van der Waals surface area contributed by atoms with Gasteiger partial charge in [-0.2, -0.15) is 0 Å². The zero-order valence-corrected chi connectivity index (χ0v) is 12.1. The second-order valence-corrected chi connectivity index (χ2v) is 5.40. The minimum Gasteiger partial charge on any atom is -0.490 e. The number of nitrogens with zero attached hydrogens (tertiary/aromatic N) is 1. The van der Waals surface area contributed by atoms with Crippen LogP contribution in [-0.4, -0.2) is 37.7 Å². The molecule has 1 aromatic rings. The van der Waals surface area contributed by atoms with E-state index in [4.69, 9.17) is 15.2 Å². The van der Waals surface area contributed by atoms with Gasteiger partial charge in [-0.25, -0.2) is 0 Å². The number of hydrogen-bond donors (Lipinski definition) is 1. The fourth-order valence-electron chi connectivity index (χ4n) is 2.04. The quantitative estimate of drug-likeness (QED) is 0.905. The van der Waals surface area contributed by atoms with Crippen molar-refractivity contribution in [2.24, 2.45) is 5.73 Å². The van der Waals surface area contributed by atoms with Crippen LogP contribution in [0.1, 0.15) is 31.9 Å². The van der Waals surface area contributed by atoms with Gasteiger partial charge in [-0.15, -0.1) is 0 Å². The van der Waals surface area contributed by atoms with Crippen LogP contribution in [0.5, 0.6) is 11.5 Å². The van der Waals surface area contributed by atoms with Crippen molar-refractivity contribution in [3.8, 4) is 11.5 Å². The van der Waals surface area contributed by atoms with Gasteiger partial charge in [0.25, 0.3) is 0 Å². The molecule has 106 valence electrons. The van der Waals surface area contributed by atoms with E-state index >= 15 is 0 Å². The topological polar surface area (TPSA) is 47.7 Å². The largest absolute Gasteiger partial charge is 0.490 e. The zero-order valence-electron chi connectivity index (χ0n) is 12.1. The Kier molecular flexibility index (Phi) is 4.66. The molecular formula is C15H24N2O2. The lowest BCUT2D eigenvalue weighted by molar-refractivity contribution is 0.257. The van der Waals surface area contributed by atoms with Crippen LogP contribution >= 0.6 is 0 Å². The molecular weight excluding hydrogens is 240 g/mol. The van der Waals surface area contributed by atoms with E-state index in [-0.39, 0.29) is 6.04 Å². The molecule has 1 aromatic carbocycles. The molecule has 4 nitrogen and oxygen atoms in total. The predicted octanol–water partition coefficient (Wildman–Crippen LogP) is 2.19. The molecule has 2 N–H and O–H groups in total. The molecule has 1 aliphatic heterocycles. The van der Waals surface area contributed by atoms with Crippen LogP contribution in [0.4, 0.5) is 0 Å². The van der Waals surface area contributed by atoms with Gasteiger partial charge in [0.2, 0.25) is 0 Å². The summed E-state index contributed by atoms with van der Waals surface area (Å²) in [4.78, 5) is 2.24. The van der Waals surface area contributed by atoms with Crippen molar-refractivity contribution in [3.05, 3.63) is 23.8 Å². The first-order valence-corrected chi connectivity index (χ1v) is 6.93. The number of benzene rings is 1. The summed E-state index contributed by atoms with van der Waals surface area (Å²) in [6.07, 6.45) is 0.923. The van der Waals surface area contributed by atoms with Gasteiger partial charge < -0.3 is 20.1 Å². The Morgan fingerprint density at radius 1 is 1.21 bits per heavy atom. The van der Waals surface area contributed by atoms with Crippen molar-refractivity contribution in [3.63, 3.8) is 0 Å². The highest BCUT2D eigenvalue weighted by Gasteiger charge is 2.15. The van der Waals surface area contributed by atoms with Crippen LogP contribution in [0.25, 0.3) is 0 Å². The highest BCUT2D eigenvalue weighted by atomic mass is 16.5. The lowest BCUT2D eigenvalue weighted by atomic mass is 10.1. The average Bonchev–Trinajstić information content (AvgIpc) is 2.62. The molecule has 0 spiro atoms. The molecule has 0 saturated heterocycles. The Labute approximate surface area is 115 Å². The molecule has 0 amide bonds. The lowest BCUT2D eigenvalue weighted by Gasteiger charge is -2.25. The number of ether oxygens (including phenoxy) is 2. The molecule has 1 aliphatic rings. The van der Waals surface area contributed by atoms with Crippen LogP contribution in [0.2, 0.25) is 0 Å². The van der Waals surface area contributed by atoms with E-state index in [9.17, 15) is 0 Å². The number of nitrogens with two attached hydrogens (primary N) is 1. The number of hydrogen-bond acceptors (Lipinski definition) is 4. The second kappa shape index (κ2) is 6.26. The Bertz CT molecular complexity index is 421. The third-order valence-electron chi connectivity index (χ3n) is 3.57. The van der Waals surface area contributed by atoms with Gasteiger partial charge in [-0.05, 0) is 38.6 Å². The van der Waals surface area contributed by atoms with Gasteiger partial charge >= 0.3 is 0 Å². The monoisotopic (exact) mass is 264 g/mol. The standard InChI is InChI=1S/C15H24N2O2/c1-11(2)17(3)10-13(16)12-5-6-14-15(9-12)19-8-4-7-18-14/h5-6,9,11,13H,4,7-8,10,16H2,1-3H3. The van der Waals surface area contributed by atoms with E-state index in [1.54, 1.807) is 0 Å². The molecule has 4 heteroatoms. The van der Waals surface area contributed by atoms with Crippen LogP contribution in [-0.2, 0) is 0 Å². The van der Waals surface area contributed by atoms with E-state index in [1.807, 2.05) is 18.2 Å². The van der Waals surface area contributed by atoms with E-state index in [2.05, 4.69) is 25.8 Å². The third-order valence-corrected chi connectivity index (χ3v) is 3.57. The summed E-state index contributed by atoms with van der Waals surface area (Å²) in [6, 6.07) is 6.49. The van der Waals surface area contributed by atoms with Crippen LogP contribution in [0.3, 0.4) is 0 Å². The fraction of sp³-hybridized carbons (Fsp3) is 0.600. The molecule has 19 heavy (non-hydrogen) atoms. The summed E-state index contributed by atoms with van der Waals surface area (Å²) < 4.78 is 11.3. The summed E-state index contributed by atoms with van der Waals surface area (Å²) in [6.45, 7) is 6.59. The van der Waals surface area contributed by atoms with E-state index < -0.39 is 0 Å². The molecule has 1 unspecified atom stereocenters. The molecule has 0 saturated carbocycles. The van der Waals surface area contributed by atoms with Crippen molar-refractivity contribution in [2.75, 3.05) is 26.8 Å². The van der Waals surface area contributed by atoms with Crippen molar-refractivity contribution >= 4 is 0 Å². The van der Waals surface area contributed by atoms with E-state index in [0.717, 1.165) is 30.0 Å². The number of likely N-dealkylation sites (N-methyl/N-ethyl adjacent to an activating group) is 1. The lowest BCUT2D eigenvalue weighted by Crippen LogP contribution is -2.33. The maximum absolute atomic E-state index is 6.27. The molecule has 2 rings (SSSR count). The minimum atomic E-state index is -0.00967. The molecule has 0 fully saturated rings. The van der Waals surface area contributed by atoms with Crippen LogP contribution in [0, 0.1) is 0 Å². The Morgan fingerprint density at radius 2 is 1.89 bits per heavy atom. The number of rotatable bonds is 4. The third kappa shape index (κ3) is 3.61. The van der Waals surface area contributed by atoms with Gasteiger partial charge in [-0.1, -0.05) is 6.07 Å².